The molecule has 1 fully saturated rings. The summed E-state index contributed by atoms with van der Waals surface area (Å²) in [5, 5.41) is 3.34. The van der Waals surface area contributed by atoms with Gasteiger partial charge in [0.25, 0.3) is 0 Å². The summed E-state index contributed by atoms with van der Waals surface area (Å²) < 4.78 is 0.948. The van der Waals surface area contributed by atoms with E-state index in [0.29, 0.717) is 22.3 Å². The van der Waals surface area contributed by atoms with E-state index in [0.717, 1.165) is 16.2 Å². The fourth-order valence-corrected chi connectivity index (χ4v) is 3.74. The van der Waals surface area contributed by atoms with Crippen LogP contribution in [0.15, 0.2) is 42.7 Å². The van der Waals surface area contributed by atoms with Crippen molar-refractivity contribution in [3.05, 3.63) is 48.4 Å². The molecule has 103 valence electrons. The molecular formula is C15H18AsN4. The molecular weight excluding hydrogens is 311 g/mol. The van der Waals surface area contributed by atoms with Crippen LogP contribution >= 0.6 is 0 Å². The number of hydrogen-bond acceptors (Lipinski definition) is 4. The molecule has 3 rings (SSSR count). The van der Waals surface area contributed by atoms with Crippen LogP contribution in [0, 0.1) is 0 Å². The van der Waals surface area contributed by atoms with Crippen molar-refractivity contribution in [3.63, 3.8) is 0 Å². The average Bonchev–Trinajstić information content (AvgIpc) is 2.46. The van der Waals surface area contributed by atoms with E-state index in [9.17, 15) is 0 Å². The van der Waals surface area contributed by atoms with E-state index >= 15 is 0 Å². The minimum absolute atomic E-state index is 0.516. The predicted molar refractivity (Wildman–Crippen MR) is 83.4 cm³/mol. The zero-order valence-electron chi connectivity index (χ0n) is 11.5. The number of nitrogens with one attached hydrogen (secondary N) is 1. The van der Waals surface area contributed by atoms with Gasteiger partial charge < -0.3 is 0 Å². The molecule has 0 aromatic carbocycles. The van der Waals surface area contributed by atoms with Gasteiger partial charge in [0.15, 0.2) is 0 Å². The summed E-state index contributed by atoms with van der Waals surface area (Å²) in [5.41, 5.74) is 4.65. The van der Waals surface area contributed by atoms with E-state index in [4.69, 9.17) is 0 Å². The van der Waals surface area contributed by atoms with E-state index < -0.39 is 0 Å². The number of rotatable bonds is 5. The van der Waals surface area contributed by atoms with Crippen LogP contribution in [0.3, 0.4) is 0 Å². The van der Waals surface area contributed by atoms with Gasteiger partial charge in [-0.15, -0.1) is 0 Å². The van der Waals surface area contributed by atoms with Crippen molar-refractivity contribution in [2.24, 2.45) is 0 Å². The third-order valence-corrected chi connectivity index (χ3v) is 5.73. The van der Waals surface area contributed by atoms with Crippen molar-refractivity contribution in [1.82, 2.24) is 9.97 Å². The second kappa shape index (κ2) is 6.27. The van der Waals surface area contributed by atoms with E-state index in [-0.39, 0.29) is 0 Å². The zero-order chi connectivity index (χ0) is 13.8. The van der Waals surface area contributed by atoms with Crippen molar-refractivity contribution in [2.75, 3.05) is 23.3 Å². The van der Waals surface area contributed by atoms with E-state index in [2.05, 4.69) is 38.0 Å². The molecule has 2 aromatic rings. The summed E-state index contributed by atoms with van der Waals surface area (Å²) in [6.45, 7) is 3.12. The van der Waals surface area contributed by atoms with Crippen LogP contribution in [0.5, 0.6) is 0 Å². The first kappa shape index (κ1) is 13.4. The number of pyridine rings is 2. The maximum absolute atomic E-state index is 4.37. The minimum atomic E-state index is 0.516. The summed E-state index contributed by atoms with van der Waals surface area (Å²) in [7, 11) is 0. The Hall–Kier alpha value is -1.54. The maximum atomic E-state index is 4.37. The Morgan fingerprint density at radius 1 is 1.25 bits per heavy atom. The molecule has 0 amide bonds. The first-order valence-electron chi connectivity index (χ1n) is 6.79. The van der Waals surface area contributed by atoms with Crippen LogP contribution in [0.2, 0.25) is 10.4 Å². The molecule has 0 aliphatic carbocycles. The van der Waals surface area contributed by atoms with Gasteiger partial charge in [0.2, 0.25) is 0 Å². The molecule has 20 heavy (non-hydrogen) atoms. The molecule has 0 spiro atoms. The Morgan fingerprint density at radius 3 is 2.90 bits per heavy atom. The fraction of sp³-hybridized carbons (Fsp3) is 0.333. The van der Waals surface area contributed by atoms with Crippen molar-refractivity contribution in [1.29, 1.82) is 0 Å². The quantitative estimate of drug-likeness (QED) is 0.856. The molecule has 1 aliphatic rings. The molecule has 0 saturated carbocycles. The van der Waals surface area contributed by atoms with E-state index in [1.807, 2.05) is 30.6 Å². The van der Waals surface area contributed by atoms with Crippen LogP contribution in [0.1, 0.15) is 5.69 Å². The van der Waals surface area contributed by atoms with Crippen LogP contribution < -0.4 is 10.2 Å². The summed E-state index contributed by atoms with van der Waals surface area (Å²) in [5.74, 6) is 0.918. The zero-order valence-corrected chi connectivity index (χ0v) is 13.4. The Bertz CT molecular complexity index is 555. The Kier molecular flexibility index (Phi) is 4.22. The number of hydrogen-bond donors (Lipinski definition) is 1. The molecule has 1 N–H and O–H groups in total. The van der Waals surface area contributed by atoms with Crippen molar-refractivity contribution in [2.45, 2.75) is 17.0 Å². The molecule has 1 aliphatic heterocycles. The fourth-order valence-electron chi connectivity index (χ4n) is 2.23. The topological polar surface area (TPSA) is 41.1 Å². The van der Waals surface area contributed by atoms with Gasteiger partial charge in [-0.05, 0) is 0 Å². The van der Waals surface area contributed by atoms with Gasteiger partial charge in [-0.2, -0.15) is 0 Å². The summed E-state index contributed by atoms with van der Waals surface area (Å²) >= 11 is 0.516. The summed E-state index contributed by atoms with van der Waals surface area (Å²) in [4.78, 5) is 11.1. The van der Waals surface area contributed by atoms with Crippen LogP contribution in [0.4, 0.5) is 11.5 Å². The van der Waals surface area contributed by atoms with Gasteiger partial charge in [0.1, 0.15) is 0 Å². The summed E-state index contributed by atoms with van der Waals surface area (Å²) in [6.07, 6.45) is 3.69. The standard InChI is InChI=1S/C15H18AsN4/c1-16-12-10-20(11-12)14-5-7-18-15(8-14)19-9-13-4-2-3-6-17-13/h2-8,12H,9-11H2,1H3,(H,18,19). The predicted octanol–water partition coefficient (Wildman–Crippen LogP) is 2.45. The van der Waals surface area contributed by atoms with Gasteiger partial charge in [-0.1, -0.05) is 0 Å². The van der Waals surface area contributed by atoms with Gasteiger partial charge in [-0.25, -0.2) is 0 Å². The Morgan fingerprint density at radius 2 is 2.15 bits per heavy atom. The first-order chi connectivity index (χ1) is 9.85. The molecule has 1 saturated heterocycles. The third kappa shape index (κ3) is 3.13. The van der Waals surface area contributed by atoms with Crippen molar-refractivity contribution >= 4 is 27.3 Å². The second-order valence-corrected chi connectivity index (χ2v) is 7.51. The van der Waals surface area contributed by atoms with Gasteiger partial charge in [0, 0.05) is 0 Å². The molecule has 1 radical (unpaired) electrons. The molecule has 2 aromatic heterocycles. The molecule has 3 heterocycles. The van der Waals surface area contributed by atoms with Crippen LogP contribution in [-0.2, 0) is 6.54 Å². The van der Waals surface area contributed by atoms with Crippen molar-refractivity contribution < 1.29 is 0 Å². The Labute approximate surface area is 126 Å². The third-order valence-electron chi connectivity index (χ3n) is 3.51. The van der Waals surface area contributed by atoms with Crippen LogP contribution in [0.25, 0.3) is 0 Å². The number of nitrogens with zero attached hydrogens (tertiary/aromatic N) is 3. The molecule has 0 bridgehead atoms. The SMILES string of the molecule is C[As]C1CN(c2ccnc(NCc3ccccn3)c2)C1. The normalized spacial score (nSPS) is 15.6. The van der Waals surface area contributed by atoms with Gasteiger partial charge in [-0.3, -0.25) is 0 Å². The van der Waals surface area contributed by atoms with Crippen molar-refractivity contribution in [3.8, 4) is 0 Å². The molecule has 0 unspecified atom stereocenters. The van der Waals surface area contributed by atoms with Gasteiger partial charge in [0.05, 0.1) is 0 Å². The molecule has 4 nitrogen and oxygen atoms in total. The monoisotopic (exact) mass is 329 g/mol. The van der Waals surface area contributed by atoms with Crippen LogP contribution in [-0.4, -0.2) is 38.8 Å². The first-order valence-corrected chi connectivity index (χ1v) is 9.75. The van der Waals surface area contributed by atoms with E-state index in [1.54, 1.807) is 0 Å². The van der Waals surface area contributed by atoms with E-state index in [1.165, 1.54) is 18.8 Å². The number of anilines is 2. The molecule has 5 heteroatoms. The second-order valence-electron chi connectivity index (χ2n) is 4.89. The summed E-state index contributed by atoms with van der Waals surface area (Å²) in [6, 6.07) is 10.2. The molecule has 0 atom stereocenters. The number of aromatic nitrogens is 2. The van der Waals surface area contributed by atoms with Gasteiger partial charge >= 0.3 is 126 Å². The Balaban J connectivity index is 1.60. The average molecular weight is 329 g/mol.